The van der Waals surface area contributed by atoms with Crippen LogP contribution in [0.25, 0.3) is 0 Å². The van der Waals surface area contributed by atoms with Gasteiger partial charge in [0.2, 0.25) is 0 Å². The quantitative estimate of drug-likeness (QED) is 0.684. The maximum Gasteiger partial charge on any atom is 0.265 e. The Labute approximate surface area is 177 Å². The second-order valence-corrected chi connectivity index (χ2v) is 7.98. The summed E-state index contributed by atoms with van der Waals surface area (Å²) in [5.41, 5.74) is 1.02. The summed E-state index contributed by atoms with van der Waals surface area (Å²) < 4.78 is 0. The Morgan fingerprint density at radius 3 is 2.48 bits per heavy atom. The fourth-order valence-electron chi connectivity index (χ4n) is 3.23. The molecule has 3 heterocycles. The minimum absolute atomic E-state index is 0.0872. The number of benzene rings is 1. The van der Waals surface area contributed by atoms with Crippen LogP contribution in [0.3, 0.4) is 0 Å². The molecule has 0 saturated carbocycles. The maximum atomic E-state index is 13.1. The largest absolute Gasteiger partial charge is 0.353 e. The van der Waals surface area contributed by atoms with Gasteiger partial charge in [-0.3, -0.25) is 9.59 Å². The van der Waals surface area contributed by atoms with Crippen molar-refractivity contribution in [2.75, 3.05) is 36.4 Å². The number of amides is 2. The highest BCUT2D eigenvalue weighted by Gasteiger charge is 2.25. The Kier molecular flexibility index (Phi) is 5.78. The summed E-state index contributed by atoms with van der Waals surface area (Å²) in [6, 6.07) is 14.4. The van der Waals surface area contributed by atoms with Crippen LogP contribution in [0, 0.1) is 0 Å². The van der Waals surface area contributed by atoms with E-state index in [1.54, 1.807) is 24.4 Å². The maximum absolute atomic E-state index is 13.1. The first-order chi connectivity index (χ1) is 14.1. The van der Waals surface area contributed by atoms with Crippen LogP contribution in [0.4, 0.5) is 11.5 Å². The minimum Gasteiger partial charge on any atom is -0.353 e. The van der Waals surface area contributed by atoms with Crippen LogP contribution in [0.5, 0.6) is 0 Å². The molecule has 148 valence electrons. The van der Waals surface area contributed by atoms with Crippen molar-refractivity contribution in [2.24, 2.45) is 0 Å². The van der Waals surface area contributed by atoms with Gasteiger partial charge < -0.3 is 15.1 Å². The van der Waals surface area contributed by atoms with Gasteiger partial charge in [0.1, 0.15) is 5.82 Å². The molecule has 0 bridgehead atoms. The Hall–Kier alpha value is -2.90. The molecule has 29 heavy (non-hydrogen) atoms. The van der Waals surface area contributed by atoms with E-state index in [-0.39, 0.29) is 11.8 Å². The lowest BCUT2D eigenvalue weighted by atomic mass is 10.1. The van der Waals surface area contributed by atoms with Crippen molar-refractivity contribution in [3.63, 3.8) is 0 Å². The smallest absolute Gasteiger partial charge is 0.265 e. The number of carbonyl (C=O) groups is 2. The first kappa shape index (κ1) is 19.4. The van der Waals surface area contributed by atoms with E-state index in [0.717, 1.165) is 5.82 Å². The normalized spacial score (nSPS) is 14.0. The van der Waals surface area contributed by atoms with Gasteiger partial charge in [-0.25, -0.2) is 4.98 Å². The van der Waals surface area contributed by atoms with E-state index in [0.29, 0.717) is 47.3 Å². The molecule has 0 atom stereocenters. The molecule has 2 aromatic heterocycles. The van der Waals surface area contributed by atoms with Crippen LogP contribution in [-0.4, -0.2) is 47.9 Å². The van der Waals surface area contributed by atoms with Crippen molar-refractivity contribution in [2.45, 2.75) is 0 Å². The zero-order valence-corrected chi connectivity index (χ0v) is 17.1. The fourth-order valence-corrected chi connectivity index (χ4v) is 3.97. The third kappa shape index (κ3) is 4.41. The van der Waals surface area contributed by atoms with Crippen LogP contribution in [0.15, 0.2) is 60.1 Å². The third-order valence-electron chi connectivity index (χ3n) is 4.75. The van der Waals surface area contributed by atoms with Gasteiger partial charge in [0.15, 0.2) is 0 Å². The predicted molar refractivity (Wildman–Crippen MR) is 116 cm³/mol. The highest BCUT2D eigenvalue weighted by molar-refractivity contribution is 7.12. The molecule has 1 aliphatic rings. The lowest BCUT2D eigenvalue weighted by molar-refractivity contribution is 0.0747. The molecule has 4 rings (SSSR count). The predicted octanol–water partition coefficient (Wildman–Crippen LogP) is 4.01. The first-order valence-electron chi connectivity index (χ1n) is 9.21. The highest BCUT2D eigenvalue weighted by Crippen LogP contribution is 2.22. The summed E-state index contributed by atoms with van der Waals surface area (Å²) in [6.45, 7) is 2.53. The molecular formula is C21H19ClN4O2S. The minimum atomic E-state index is -0.209. The number of piperazine rings is 1. The van der Waals surface area contributed by atoms with Crippen LogP contribution in [0.1, 0.15) is 20.0 Å². The lowest BCUT2D eigenvalue weighted by Crippen LogP contribution is -2.49. The Morgan fingerprint density at radius 1 is 1.00 bits per heavy atom. The van der Waals surface area contributed by atoms with Crippen molar-refractivity contribution >= 4 is 46.3 Å². The second-order valence-electron chi connectivity index (χ2n) is 6.59. The number of hydrogen-bond donors (Lipinski definition) is 1. The summed E-state index contributed by atoms with van der Waals surface area (Å²) in [7, 11) is 0. The summed E-state index contributed by atoms with van der Waals surface area (Å²) in [4.78, 5) is 34.4. The monoisotopic (exact) mass is 426 g/mol. The molecule has 0 aliphatic carbocycles. The van der Waals surface area contributed by atoms with Crippen molar-refractivity contribution in [3.05, 3.63) is 75.6 Å². The Morgan fingerprint density at radius 2 is 1.79 bits per heavy atom. The van der Waals surface area contributed by atoms with E-state index in [9.17, 15) is 9.59 Å². The van der Waals surface area contributed by atoms with Gasteiger partial charge in [0.25, 0.3) is 11.8 Å². The molecule has 1 fully saturated rings. The van der Waals surface area contributed by atoms with E-state index in [1.165, 1.54) is 11.3 Å². The molecule has 0 radical (unpaired) electrons. The average molecular weight is 427 g/mol. The van der Waals surface area contributed by atoms with E-state index >= 15 is 0 Å². The van der Waals surface area contributed by atoms with E-state index < -0.39 is 0 Å². The standard InChI is InChI=1S/C21H19ClN4O2S/c22-15-7-8-19(23-14-15)25-9-11-26(12-10-25)21(28)16-4-1-2-5-17(16)24-20(27)18-6-3-13-29-18/h1-8,13-14H,9-12H2,(H,24,27). The van der Waals surface area contributed by atoms with Gasteiger partial charge in [0.05, 0.1) is 21.2 Å². The summed E-state index contributed by atoms with van der Waals surface area (Å²) in [6.07, 6.45) is 1.63. The number of anilines is 2. The van der Waals surface area contributed by atoms with Crippen LogP contribution in [-0.2, 0) is 0 Å². The van der Waals surface area contributed by atoms with Gasteiger partial charge >= 0.3 is 0 Å². The van der Waals surface area contributed by atoms with Crippen molar-refractivity contribution < 1.29 is 9.59 Å². The molecule has 3 aromatic rings. The molecule has 6 nitrogen and oxygen atoms in total. The number of para-hydroxylation sites is 1. The molecule has 0 unspecified atom stereocenters. The molecule has 2 amide bonds. The molecule has 1 saturated heterocycles. The van der Waals surface area contributed by atoms with Gasteiger partial charge in [-0.1, -0.05) is 29.8 Å². The van der Waals surface area contributed by atoms with Crippen LogP contribution >= 0.6 is 22.9 Å². The number of thiophene rings is 1. The lowest BCUT2D eigenvalue weighted by Gasteiger charge is -2.35. The Bertz CT molecular complexity index is 1000. The molecule has 0 spiro atoms. The van der Waals surface area contributed by atoms with Crippen LogP contribution < -0.4 is 10.2 Å². The fraction of sp³-hybridized carbons (Fsp3) is 0.190. The zero-order chi connectivity index (χ0) is 20.2. The van der Waals surface area contributed by atoms with Crippen molar-refractivity contribution in [1.29, 1.82) is 0 Å². The highest BCUT2D eigenvalue weighted by atomic mass is 35.5. The molecule has 8 heteroatoms. The summed E-state index contributed by atoms with van der Waals surface area (Å²) >= 11 is 7.27. The number of pyridine rings is 1. The van der Waals surface area contributed by atoms with E-state index in [2.05, 4.69) is 15.2 Å². The number of rotatable bonds is 4. The third-order valence-corrected chi connectivity index (χ3v) is 5.85. The topological polar surface area (TPSA) is 65.5 Å². The summed E-state index contributed by atoms with van der Waals surface area (Å²) in [5.74, 6) is 0.555. The van der Waals surface area contributed by atoms with Gasteiger partial charge in [-0.15, -0.1) is 11.3 Å². The zero-order valence-electron chi connectivity index (χ0n) is 15.5. The Balaban J connectivity index is 1.44. The first-order valence-corrected chi connectivity index (χ1v) is 10.5. The SMILES string of the molecule is O=C(Nc1ccccc1C(=O)N1CCN(c2ccc(Cl)cn2)CC1)c1cccs1. The summed E-state index contributed by atoms with van der Waals surface area (Å²) in [5, 5.41) is 5.31. The van der Waals surface area contributed by atoms with Gasteiger partial charge in [-0.05, 0) is 35.7 Å². The van der Waals surface area contributed by atoms with Crippen molar-refractivity contribution in [3.8, 4) is 0 Å². The van der Waals surface area contributed by atoms with E-state index in [1.807, 2.05) is 40.6 Å². The number of nitrogens with zero attached hydrogens (tertiary/aromatic N) is 3. The number of aromatic nitrogens is 1. The molecule has 1 aromatic carbocycles. The number of carbonyl (C=O) groups excluding carboxylic acids is 2. The number of halogens is 1. The number of hydrogen-bond acceptors (Lipinski definition) is 5. The van der Waals surface area contributed by atoms with Crippen molar-refractivity contribution in [1.82, 2.24) is 9.88 Å². The van der Waals surface area contributed by atoms with Gasteiger partial charge in [0, 0.05) is 32.4 Å². The molecule has 1 N–H and O–H groups in total. The number of nitrogens with one attached hydrogen (secondary N) is 1. The second kappa shape index (κ2) is 8.63. The molecule has 1 aliphatic heterocycles. The van der Waals surface area contributed by atoms with Crippen LogP contribution in [0.2, 0.25) is 5.02 Å². The van der Waals surface area contributed by atoms with E-state index in [4.69, 9.17) is 11.6 Å². The van der Waals surface area contributed by atoms with Gasteiger partial charge in [-0.2, -0.15) is 0 Å². The molecular weight excluding hydrogens is 408 g/mol. The average Bonchev–Trinajstić information content (AvgIpc) is 3.30.